The van der Waals surface area contributed by atoms with Crippen molar-refractivity contribution in [3.05, 3.63) is 24.3 Å². The van der Waals surface area contributed by atoms with Crippen LogP contribution in [-0.4, -0.2) is 31.9 Å². The predicted molar refractivity (Wildman–Crippen MR) is 92.1 cm³/mol. The normalized spacial score (nSPS) is 17.0. The Labute approximate surface area is 138 Å². The van der Waals surface area contributed by atoms with Crippen LogP contribution in [0, 0.1) is 0 Å². The molecule has 1 aliphatic heterocycles. The minimum Gasteiger partial charge on any atom is -0.491 e. The SMILES string of the molecule is CCCCCCNC(=O)Nc1cccc(OCC2CCCO2)c1. The molecule has 23 heavy (non-hydrogen) atoms. The highest BCUT2D eigenvalue weighted by Crippen LogP contribution is 2.19. The zero-order valence-electron chi connectivity index (χ0n) is 14.0. The number of hydrogen-bond acceptors (Lipinski definition) is 3. The fourth-order valence-electron chi connectivity index (χ4n) is 2.56. The van der Waals surface area contributed by atoms with Crippen LogP contribution >= 0.6 is 0 Å². The van der Waals surface area contributed by atoms with E-state index in [1.807, 2.05) is 24.3 Å². The number of anilines is 1. The number of unbranched alkanes of at least 4 members (excludes halogenated alkanes) is 3. The number of hydrogen-bond donors (Lipinski definition) is 2. The summed E-state index contributed by atoms with van der Waals surface area (Å²) >= 11 is 0. The second-order valence-corrected chi connectivity index (χ2v) is 5.92. The van der Waals surface area contributed by atoms with Crippen LogP contribution in [0.25, 0.3) is 0 Å². The molecule has 1 aromatic rings. The third-order valence-electron chi connectivity index (χ3n) is 3.87. The lowest BCUT2D eigenvalue weighted by atomic mass is 10.2. The Hall–Kier alpha value is -1.75. The summed E-state index contributed by atoms with van der Waals surface area (Å²) in [5, 5.41) is 5.72. The average molecular weight is 320 g/mol. The molecule has 1 saturated heterocycles. The summed E-state index contributed by atoms with van der Waals surface area (Å²) in [6.07, 6.45) is 6.94. The van der Waals surface area contributed by atoms with E-state index in [1.54, 1.807) is 0 Å². The van der Waals surface area contributed by atoms with Gasteiger partial charge in [0.25, 0.3) is 0 Å². The molecule has 1 aliphatic rings. The molecule has 2 rings (SSSR count). The Morgan fingerprint density at radius 1 is 1.35 bits per heavy atom. The molecule has 5 heteroatoms. The number of nitrogens with one attached hydrogen (secondary N) is 2. The second-order valence-electron chi connectivity index (χ2n) is 5.92. The Morgan fingerprint density at radius 2 is 2.26 bits per heavy atom. The maximum absolute atomic E-state index is 11.8. The highest BCUT2D eigenvalue weighted by atomic mass is 16.5. The number of urea groups is 1. The average Bonchev–Trinajstić information content (AvgIpc) is 3.06. The van der Waals surface area contributed by atoms with Crippen LogP contribution < -0.4 is 15.4 Å². The van der Waals surface area contributed by atoms with Gasteiger partial charge < -0.3 is 20.1 Å². The van der Waals surface area contributed by atoms with Gasteiger partial charge in [-0.25, -0.2) is 4.79 Å². The van der Waals surface area contributed by atoms with Gasteiger partial charge in [0.15, 0.2) is 0 Å². The summed E-state index contributed by atoms with van der Waals surface area (Å²) < 4.78 is 11.3. The van der Waals surface area contributed by atoms with E-state index in [0.717, 1.165) is 43.7 Å². The van der Waals surface area contributed by atoms with E-state index in [2.05, 4.69) is 17.6 Å². The Bertz CT molecular complexity index is 473. The van der Waals surface area contributed by atoms with Crippen LogP contribution in [-0.2, 0) is 4.74 Å². The van der Waals surface area contributed by atoms with Crippen molar-refractivity contribution in [3.63, 3.8) is 0 Å². The van der Waals surface area contributed by atoms with Crippen molar-refractivity contribution >= 4 is 11.7 Å². The molecule has 0 aliphatic carbocycles. The van der Waals surface area contributed by atoms with Crippen LogP contribution in [0.15, 0.2) is 24.3 Å². The summed E-state index contributed by atoms with van der Waals surface area (Å²) in [4.78, 5) is 11.8. The number of amides is 2. The summed E-state index contributed by atoms with van der Waals surface area (Å²) in [6.45, 7) is 4.27. The zero-order valence-corrected chi connectivity index (χ0v) is 14.0. The first kappa shape index (κ1) is 17.6. The monoisotopic (exact) mass is 320 g/mol. The third kappa shape index (κ3) is 6.91. The molecule has 0 bridgehead atoms. The maximum atomic E-state index is 11.8. The standard InChI is InChI=1S/C18H28N2O3/c1-2-3-4-5-11-19-18(21)20-15-8-6-9-16(13-15)23-14-17-10-7-12-22-17/h6,8-9,13,17H,2-5,7,10-12,14H2,1H3,(H2,19,20,21). The molecular formula is C18H28N2O3. The molecule has 0 spiro atoms. The molecule has 5 nitrogen and oxygen atoms in total. The molecule has 0 radical (unpaired) electrons. The van der Waals surface area contributed by atoms with Gasteiger partial charge in [-0.3, -0.25) is 0 Å². The summed E-state index contributed by atoms with van der Waals surface area (Å²) in [7, 11) is 0. The van der Waals surface area contributed by atoms with Gasteiger partial charge in [0.05, 0.1) is 6.10 Å². The molecular weight excluding hydrogens is 292 g/mol. The molecule has 2 amide bonds. The van der Waals surface area contributed by atoms with Gasteiger partial charge in [0.1, 0.15) is 12.4 Å². The van der Waals surface area contributed by atoms with Crippen molar-refractivity contribution in [3.8, 4) is 5.75 Å². The van der Waals surface area contributed by atoms with Gasteiger partial charge in [-0.15, -0.1) is 0 Å². The lowest BCUT2D eigenvalue weighted by Crippen LogP contribution is -2.29. The summed E-state index contributed by atoms with van der Waals surface area (Å²) in [5.74, 6) is 0.751. The first-order chi connectivity index (χ1) is 11.3. The van der Waals surface area contributed by atoms with Crippen molar-refractivity contribution in [2.75, 3.05) is 25.1 Å². The predicted octanol–water partition coefficient (Wildman–Crippen LogP) is 3.95. The van der Waals surface area contributed by atoms with Crippen molar-refractivity contribution in [2.24, 2.45) is 0 Å². The van der Waals surface area contributed by atoms with Gasteiger partial charge >= 0.3 is 6.03 Å². The van der Waals surface area contributed by atoms with E-state index in [9.17, 15) is 4.79 Å². The molecule has 1 unspecified atom stereocenters. The van der Waals surface area contributed by atoms with Crippen molar-refractivity contribution in [1.82, 2.24) is 5.32 Å². The van der Waals surface area contributed by atoms with Gasteiger partial charge in [-0.2, -0.15) is 0 Å². The van der Waals surface area contributed by atoms with Crippen LogP contribution in [0.5, 0.6) is 5.75 Å². The van der Waals surface area contributed by atoms with Crippen LogP contribution in [0.1, 0.15) is 45.4 Å². The van der Waals surface area contributed by atoms with Crippen LogP contribution in [0.4, 0.5) is 10.5 Å². The van der Waals surface area contributed by atoms with E-state index < -0.39 is 0 Å². The molecule has 1 aromatic carbocycles. The fraction of sp³-hybridized carbons (Fsp3) is 0.611. The first-order valence-electron chi connectivity index (χ1n) is 8.67. The van der Waals surface area contributed by atoms with Crippen LogP contribution in [0.3, 0.4) is 0 Å². The van der Waals surface area contributed by atoms with Gasteiger partial charge in [0, 0.05) is 24.9 Å². The number of carbonyl (C=O) groups is 1. The second kappa shape index (κ2) is 10.1. The molecule has 128 valence electrons. The number of rotatable bonds is 9. The fourth-order valence-corrected chi connectivity index (χ4v) is 2.56. The minimum atomic E-state index is -0.169. The number of carbonyl (C=O) groups excluding carboxylic acids is 1. The van der Waals surface area contributed by atoms with E-state index in [4.69, 9.17) is 9.47 Å². The Morgan fingerprint density at radius 3 is 3.04 bits per heavy atom. The van der Waals surface area contributed by atoms with Crippen molar-refractivity contribution in [2.45, 2.75) is 51.6 Å². The largest absolute Gasteiger partial charge is 0.491 e. The smallest absolute Gasteiger partial charge is 0.319 e. The van der Waals surface area contributed by atoms with Gasteiger partial charge in [0.2, 0.25) is 0 Å². The van der Waals surface area contributed by atoms with E-state index in [1.165, 1.54) is 12.8 Å². The minimum absolute atomic E-state index is 0.169. The molecule has 1 atom stereocenters. The van der Waals surface area contributed by atoms with Gasteiger partial charge in [-0.05, 0) is 31.4 Å². The summed E-state index contributed by atoms with van der Waals surface area (Å²) in [5.41, 5.74) is 0.737. The third-order valence-corrected chi connectivity index (χ3v) is 3.87. The lowest BCUT2D eigenvalue weighted by Gasteiger charge is -2.13. The molecule has 0 saturated carbocycles. The molecule has 2 N–H and O–H groups in total. The van der Waals surface area contributed by atoms with Crippen molar-refractivity contribution in [1.29, 1.82) is 0 Å². The number of ether oxygens (including phenoxy) is 2. The zero-order chi connectivity index (χ0) is 16.3. The Balaban J connectivity index is 1.69. The Kier molecular flexibility index (Phi) is 7.73. The quantitative estimate of drug-likeness (QED) is 0.677. The maximum Gasteiger partial charge on any atom is 0.319 e. The highest BCUT2D eigenvalue weighted by molar-refractivity contribution is 5.89. The first-order valence-corrected chi connectivity index (χ1v) is 8.67. The molecule has 0 aromatic heterocycles. The van der Waals surface area contributed by atoms with Crippen LogP contribution in [0.2, 0.25) is 0 Å². The molecule has 1 heterocycles. The van der Waals surface area contributed by atoms with E-state index >= 15 is 0 Å². The van der Waals surface area contributed by atoms with E-state index in [0.29, 0.717) is 13.2 Å². The van der Waals surface area contributed by atoms with E-state index in [-0.39, 0.29) is 12.1 Å². The highest BCUT2D eigenvalue weighted by Gasteiger charge is 2.16. The lowest BCUT2D eigenvalue weighted by molar-refractivity contribution is 0.0680. The topological polar surface area (TPSA) is 59.6 Å². The summed E-state index contributed by atoms with van der Waals surface area (Å²) in [6, 6.07) is 7.30. The number of benzene rings is 1. The van der Waals surface area contributed by atoms with Gasteiger partial charge in [-0.1, -0.05) is 32.3 Å². The molecule has 1 fully saturated rings. The van der Waals surface area contributed by atoms with Crippen molar-refractivity contribution < 1.29 is 14.3 Å².